The van der Waals surface area contributed by atoms with Gasteiger partial charge in [0.2, 0.25) is 0 Å². The molecule has 0 saturated heterocycles. The van der Waals surface area contributed by atoms with Gasteiger partial charge < -0.3 is 9.47 Å². The molecule has 0 aliphatic rings. The molecular formula is C14H15NO3S. The number of thiazole rings is 1. The maximum atomic E-state index is 12.2. The molecule has 0 unspecified atom stereocenters. The topological polar surface area (TPSA) is 48.4 Å². The van der Waals surface area contributed by atoms with Gasteiger partial charge in [-0.2, -0.15) is 0 Å². The Hall–Kier alpha value is -1.88. The van der Waals surface area contributed by atoms with Crippen molar-refractivity contribution in [3.8, 4) is 11.5 Å². The van der Waals surface area contributed by atoms with Crippen LogP contribution in [0.2, 0.25) is 0 Å². The van der Waals surface area contributed by atoms with Gasteiger partial charge in [-0.05, 0) is 19.1 Å². The third-order valence-electron chi connectivity index (χ3n) is 2.69. The third kappa shape index (κ3) is 3.12. The summed E-state index contributed by atoms with van der Waals surface area (Å²) in [5.74, 6) is 1.19. The summed E-state index contributed by atoms with van der Waals surface area (Å²) >= 11 is 1.50. The van der Waals surface area contributed by atoms with Crippen LogP contribution in [-0.2, 0) is 6.42 Å². The van der Waals surface area contributed by atoms with Gasteiger partial charge in [-0.25, -0.2) is 4.98 Å². The minimum absolute atomic E-state index is 0.00569. The summed E-state index contributed by atoms with van der Waals surface area (Å²) in [6.07, 6.45) is 0.293. The van der Waals surface area contributed by atoms with Gasteiger partial charge >= 0.3 is 0 Å². The SMILES string of the molecule is COc1ccc(C(=O)Cc2nc(C)cs2)c(OC)c1. The molecule has 0 fully saturated rings. The molecule has 0 atom stereocenters. The molecule has 0 aliphatic carbocycles. The second-order valence-electron chi connectivity index (χ2n) is 4.05. The Balaban J connectivity index is 2.23. The molecular weight excluding hydrogens is 262 g/mol. The molecule has 0 spiro atoms. The van der Waals surface area contributed by atoms with E-state index in [1.807, 2.05) is 12.3 Å². The monoisotopic (exact) mass is 277 g/mol. The smallest absolute Gasteiger partial charge is 0.173 e. The molecule has 5 heteroatoms. The van der Waals surface area contributed by atoms with E-state index in [0.717, 1.165) is 10.7 Å². The molecule has 1 aromatic heterocycles. The van der Waals surface area contributed by atoms with Crippen molar-refractivity contribution in [3.63, 3.8) is 0 Å². The highest BCUT2D eigenvalue weighted by Crippen LogP contribution is 2.26. The van der Waals surface area contributed by atoms with Crippen molar-refractivity contribution in [2.45, 2.75) is 13.3 Å². The number of ketones is 1. The number of methoxy groups -OCH3 is 2. The zero-order valence-corrected chi connectivity index (χ0v) is 11.9. The van der Waals surface area contributed by atoms with Crippen LogP contribution >= 0.6 is 11.3 Å². The molecule has 1 heterocycles. The standard InChI is InChI=1S/C14H15NO3S/c1-9-8-19-14(15-9)7-12(16)11-5-4-10(17-2)6-13(11)18-3/h4-6,8H,7H2,1-3H3. The number of carbonyl (C=O) groups excluding carboxylic acids is 1. The predicted molar refractivity (Wildman–Crippen MR) is 74.4 cm³/mol. The minimum Gasteiger partial charge on any atom is -0.497 e. The Morgan fingerprint density at radius 2 is 2.11 bits per heavy atom. The molecule has 19 heavy (non-hydrogen) atoms. The lowest BCUT2D eigenvalue weighted by atomic mass is 10.1. The molecule has 0 N–H and O–H groups in total. The Labute approximate surface area is 116 Å². The molecule has 0 amide bonds. The van der Waals surface area contributed by atoms with Crippen LogP contribution in [-0.4, -0.2) is 25.0 Å². The quantitative estimate of drug-likeness (QED) is 0.788. The minimum atomic E-state index is -0.00569. The summed E-state index contributed by atoms with van der Waals surface area (Å²) in [6.45, 7) is 1.92. The summed E-state index contributed by atoms with van der Waals surface area (Å²) in [5.41, 5.74) is 1.49. The van der Waals surface area contributed by atoms with Crippen LogP contribution in [0.4, 0.5) is 0 Å². The fourth-order valence-corrected chi connectivity index (χ4v) is 2.52. The van der Waals surface area contributed by atoms with Crippen LogP contribution in [0.15, 0.2) is 23.6 Å². The molecule has 0 aliphatic heterocycles. The van der Waals surface area contributed by atoms with Gasteiger partial charge in [0.15, 0.2) is 5.78 Å². The Morgan fingerprint density at radius 3 is 2.68 bits per heavy atom. The third-order valence-corrected chi connectivity index (χ3v) is 3.65. The van der Waals surface area contributed by atoms with Gasteiger partial charge in [-0.3, -0.25) is 4.79 Å². The molecule has 2 aromatic rings. The van der Waals surface area contributed by atoms with Gasteiger partial charge in [0.1, 0.15) is 16.5 Å². The van der Waals surface area contributed by atoms with Crippen molar-refractivity contribution < 1.29 is 14.3 Å². The summed E-state index contributed by atoms with van der Waals surface area (Å²) in [4.78, 5) is 16.5. The normalized spacial score (nSPS) is 10.3. The number of aromatic nitrogens is 1. The lowest BCUT2D eigenvalue weighted by Gasteiger charge is -2.08. The predicted octanol–water partition coefficient (Wildman–Crippen LogP) is 2.89. The highest BCUT2D eigenvalue weighted by atomic mass is 32.1. The number of benzene rings is 1. The van der Waals surface area contributed by atoms with Gasteiger partial charge in [-0.15, -0.1) is 11.3 Å². The summed E-state index contributed by atoms with van der Waals surface area (Å²) < 4.78 is 10.3. The number of hydrogen-bond acceptors (Lipinski definition) is 5. The van der Waals surface area contributed by atoms with Crippen LogP contribution in [0.1, 0.15) is 21.1 Å². The molecule has 2 rings (SSSR count). The fourth-order valence-electron chi connectivity index (χ4n) is 1.75. The van der Waals surface area contributed by atoms with Gasteiger partial charge in [0, 0.05) is 17.1 Å². The van der Waals surface area contributed by atoms with Crippen molar-refractivity contribution >= 4 is 17.1 Å². The van der Waals surface area contributed by atoms with Crippen LogP contribution in [0.5, 0.6) is 11.5 Å². The summed E-state index contributed by atoms with van der Waals surface area (Å²) in [7, 11) is 3.12. The number of aryl methyl sites for hydroxylation is 1. The molecule has 4 nitrogen and oxygen atoms in total. The van der Waals surface area contributed by atoms with Crippen molar-refractivity contribution in [3.05, 3.63) is 39.8 Å². The van der Waals surface area contributed by atoms with Crippen molar-refractivity contribution in [2.24, 2.45) is 0 Å². The van der Waals surface area contributed by atoms with E-state index in [1.54, 1.807) is 32.4 Å². The number of rotatable bonds is 5. The number of hydrogen-bond donors (Lipinski definition) is 0. The van der Waals surface area contributed by atoms with Gasteiger partial charge in [0.25, 0.3) is 0 Å². The second-order valence-corrected chi connectivity index (χ2v) is 4.99. The Kier molecular flexibility index (Phi) is 4.16. The number of nitrogens with zero attached hydrogens (tertiary/aromatic N) is 1. The summed E-state index contributed by atoms with van der Waals surface area (Å²) in [6, 6.07) is 5.18. The first-order chi connectivity index (χ1) is 9.13. The van der Waals surface area contributed by atoms with E-state index in [9.17, 15) is 4.79 Å². The fraction of sp³-hybridized carbons (Fsp3) is 0.286. The first-order valence-corrected chi connectivity index (χ1v) is 6.68. The first kappa shape index (κ1) is 13.5. The van der Waals surface area contributed by atoms with E-state index in [4.69, 9.17) is 9.47 Å². The molecule has 0 bridgehead atoms. The largest absolute Gasteiger partial charge is 0.497 e. The number of ether oxygens (including phenoxy) is 2. The average molecular weight is 277 g/mol. The molecule has 0 saturated carbocycles. The molecule has 0 radical (unpaired) electrons. The van der Waals surface area contributed by atoms with Crippen LogP contribution in [0, 0.1) is 6.92 Å². The molecule has 1 aromatic carbocycles. The number of carbonyl (C=O) groups is 1. The van der Waals surface area contributed by atoms with E-state index in [-0.39, 0.29) is 5.78 Å². The highest BCUT2D eigenvalue weighted by molar-refractivity contribution is 7.09. The van der Waals surface area contributed by atoms with E-state index < -0.39 is 0 Å². The lowest BCUT2D eigenvalue weighted by Crippen LogP contribution is -2.06. The lowest BCUT2D eigenvalue weighted by molar-refractivity contribution is 0.0990. The molecule has 100 valence electrons. The van der Waals surface area contributed by atoms with E-state index >= 15 is 0 Å². The van der Waals surface area contributed by atoms with Crippen LogP contribution in [0.3, 0.4) is 0 Å². The van der Waals surface area contributed by atoms with E-state index in [1.165, 1.54) is 11.3 Å². The average Bonchev–Trinajstić information content (AvgIpc) is 2.83. The van der Waals surface area contributed by atoms with E-state index in [2.05, 4.69) is 4.98 Å². The van der Waals surface area contributed by atoms with Crippen LogP contribution < -0.4 is 9.47 Å². The Bertz CT molecular complexity index is 592. The van der Waals surface area contributed by atoms with Crippen LogP contribution in [0.25, 0.3) is 0 Å². The maximum absolute atomic E-state index is 12.2. The number of Topliss-reactive ketones (excluding diaryl/α,β-unsaturated/α-hetero) is 1. The summed E-state index contributed by atoms with van der Waals surface area (Å²) in [5, 5.41) is 2.76. The van der Waals surface area contributed by atoms with Crippen molar-refractivity contribution in [1.29, 1.82) is 0 Å². The van der Waals surface area contributed by atoms with Gasteiger partial charge in [-0.1, -0.05) is 0 Å². The Morgan fingerprint density at radius 1 is 1.32 bits per heavy atom. The van der Waals surface area contributed by atoms with Crippen molar-refractivity contribution in [2.75, 3.05) is 14.2 Å². The van der Waals surface area contributed by atoms with E-state index in [0.29, 0.717) is 23.5 Å². The zero-order valence-electron chi connectivity index (χ0n) is 11.1. The second kappa shape index (κ2) is 5.84. The highest BCUT2D eigenvalue weighted by Gasteiger charge is 2.15. The van der Waals surface area contributed by atoms with Crippen molar-refractivity contribution in [1.82, 2.24) is 4.98 Å². The maximum Gasteiger partial charge on any atom is 0.173 e. The zero-order chi connectivity index (χ0) is 13.8. The first-order valence-electron chi connectivity index (χ1n) is 5.80. The van der Waals surface area contributed by atoms with Gasteiger partial charge in [0.05, 0.1) is 26.2 Å².